The van der Waals surface area contributed by atoms with Crippen molar-refractivity contribution in [3.63, 3.8) is 0 Å². The Morgan fingerprint density at radius 1 is 0.690 bits per heavy atom. The lowest BCUT2D eigenvalue weighted by Gasteiger charge is -2.14. The predicted octanol–water partition coefficient (Wildman–Crippen LogP) is 5.35. The fourth-order valence-corrected chi connectivity index (χ4v) is 2.16. The Balaban J connectivity index is 2.40. The van der Waals surface area contributed by atoms with Gasteiger partial charge in [-0.2, -0.15) is 26.3 Å². The van der Waals surface area contributed by atoms with E-state index in [-0.39, 0.29) is 18.2 Å². The molecule has 0 aromatic heterocycles. The second-order valence-electron chi connectivity index (χ2n) is 5.53. The SMILES string of the molecule is O=C(NCc1c(F)c(F)c(F)c(F)c1F)c1cc(C(F)(F)F)cc(C(F)(F)F)c1. The van der Waals surface area contributed by atoms with E-state index in [1.54, 1.807) is 0 Å². The molecule has 1 amide bonds. The minimum atomic E-state index is -5.27. The van der Waals surface area contributed by atoms with Gasteiger partial charge in [0.05, 0.1) is 11.1 Å². The Morgan fingerprint density at radius 3 is 1.45 bits per heavy atom. The van der Waals surface area contributed by atoms with Crippen LogP contribution in [0.2, 0.25) is 0 Å². The first-order valence-electron chi connectivity index (χ1n) is 7.22. The smallest absolute Gasteiger partial charge is 0.348 e. The first-order chi connectivity index (χ1) is 13.1. The van der Waals surface area contributed by atoms with Gasteiger partial charge in [0.2, 0.25) is 5.82 Å². The van der Waals surface area contributed by atoms with Gasteiger partial charge in [-0.15, -0.1) is 0 Å². The van der Waals surface area contributed by atoms with E-state index >= 15 is 0 Å². The number of carbonyl (C=O) groups is 1. The molecule has 0 heterocycles. The Kier molecular flexibility index (Phi) is 5.82. The van der Waals surface area contributed by atoms with Gasteiger partial charge in [0.25, 0.3) is 5.91 Å². The number of nitrogens with one attached hydrogen (secondary N) is 1. The molecule has 0 unspecified atom stereocenters. The summed E-state index contributed by atoms with van der Waals surface area (Å²) in [5.41, 5.74) is -6.41. The van der Waals surface area contributed by atoms with Crippen LogP contribution < -0.4 is 5.32 Å². The van der Waals surface area contributed by atoms with E-state index < -0.39 is 76.1 Å². The van der Waals surface area contributed by atoms with Crippen molar-refractivity contribution in [2.75, 3.05) is 0 Å². The number of benzene rings is 2. The Bertz CT molecular complexity index is 902. The summed E-state index contributed by atoms with van der Waals surface area (Å²) in [5.74, 6) is -13.5. The average molecular weight is 437 g/mol. The van der Waals surface area contributed by atoms with Crippen molar-refractivity contribution >= 4 is 5.91 Å². The van der Waals surface area contributed by atoms with E-state index in [2.05, 4.69) is 0 Å². The van der Waals surface area contributed by atoms with E-state index in [0.29, 0.717) is 0 Å². The van der Waals surface area contributed by atoms with Crippen LogP contribution in [0.5, 0.6) is 0 Å². The highest BCUT2D eigenvalue weighted by molar-refractivity contribution is 5.94. The number of hydrogen-bond donors (Lipinski definition) is 1. The van der Waals surface area contributed by atoms with Crippen LogP contribution >= 0.6 is 0 Å². The molecule has 29 heavy (non-hydrogen) atoms. The van der Waals surface area contributed by atoms with Crippen molar-refractivity contribution in [2.24, 2.45) is 0 Å². The fourth-order valence-electron chi connectivity index (χ4n) is 2.16. The van der Waals surface area contributed by atoms with Crippen LogP contribution in [-0.4, -0.2) is 5.91 Å². The second-order valence-corrected chi connectivity index (χ2v) is 5.53. The number of halogens is 11. The molecule has 2 nitrogen and oxygen atoms in total. The molecule has 13 heteroatoms. The van der Waals surface area contributed by atoms with Crippen molar-refractivity contribution in [1.82, 2.24) is 5.32 Å². The van der Waals surface area contributed by atoms with Crippen molar-refractivity contribution in [2.45, 2.75) is 18.9 Å². The quantitative estimate of drug-likeness (QED) is 0.392. The summed E-state index contributed by atoms with van der Waals surface area (Å²) in [6.07, 6.45) is -10.5. The number of rotatable bonds is 3. The van der Waals surface area contributed by atoms with Gasteiger partial charge >= 0.3 is 12.4 Å². The predicted molar refractivity (Wildman–Crippen MR) is 73.8 cm³/mol. The van der Waals surface area contributed by atoms with Gasteiger partial charge in [0.15, 0.2) is 23.3 Å². The van der Waals surface area contributed by atoms with Gasteiger partial charge in [-0.05, 0) is 18.2 Å². The minimum absolute atomic E-state index is 0.0309. The monoisotopic (exact) mass is 437 g/mol. The Labute approximate surface area is 153 Å². The molecule has 2 aromatic rings. The molecular formula is C16H6F11NO. The van der Waals surface area contributed by atoms with Crippen LogP contribution in [0.1, 0.15) is 27.0 Å². The molecule has 2 aromatic carbocycles. The summed E-state index contributed by atoms with van der Waals surface area (Å²) in [6, 6.07) is -0.201. The van der Waals surface area contributed by atoms with Crippen molar-refractivity contribution in [1.29, 1.82) is 0 Å². The van der Waals surface area contributed by atoms with E-state index in [1.807, 2.05) is 0 Å². The number of hydrogen-bond acceptors (Lipinski definition) is 1. The molecule has 0 aliphatic carbocycles. The van der Waals surface area contributed by atoms with Gasteiger partial charge in [-0.3, -0.25) is 4.79 Å². The highest BCUT2D eigenvalue weighted by atomic mass is 19.4. The molecule has 0 fully saturated rings. The Hall–Kier alpha value is -2.86. The van der Waals surface area contributed by atoms with Gasteiger partial charge < -0.3 is 5.32 Å². The van der Waals surface area contributed by atoms with Crippen molar-refractivity contribution in [3.8, 4) is 0 Å². The van der Waals surface area contributed by atoms with Gasteiger partial charge in [-0.25, -0.2) is 22.0 Å². The summed E-state index contributed by atoms with van der Waals surface area (Å²) in [4.78, 5) is 11.9. The molecule has 0 saturated carbocycles. The molecule has 0 radical (unpaired) electrons. The number of alkyl halides is 6. The number of carbonyl (C=O) groups excluding carboxylic acids is 1. The molecule has 0 saturated heterocycles. The third kappa shape index (κ3) is 4.59. The van der Waals surface area contributed by atoms with Crippen LogP contribution in [0, 0.1) is 29.1 Å². The third-order valence-electron chi connectivity index (χ3n) is 3.58. The van der Waals surface area contributed by atoms with E-state index in [1.165, 1.54) is 5.32 Å². The standard InChI is InChI=1S/C16H6F11NO/c17-9-8(10(18)12(20)13(21)11(9)19)4-28-14(29)5-1-6(15(22,23)24)3-7(2-5)16(25,26)27/h1-3H,4H2,(H,28,29). The summed E-state index contributed by atoms with van der Waals surface area (Å²) >= 11 is 0. The first kappa shape index (κ1) is 22.4. The molecule has 158 valence electrons. The van der Waals surface area contributed by atoms with Crippen LogP contribution in [0.4, 0.5) is 48.3 Å². The zero-order valence-electron chi connectivity index (χ0n) is 13.5. The molecule has 2 rings (SSSR count). The summed E-state index contributed by atoms with van der Waals surface area (Å²) in [7, 11) is 0. The lowest BCUT2D eigenvalue weighted by molar-refractivity contribution is -0.143. The molecule has 0 atom stereocenters. The van der Waals surface area contributed by atoms with E-state index in [0.717, 1.165) is 0 Å². The maximum atomic E-state index is 13.5. The zero-order chi connectivity index (χ0) is 22.3. The van der Waals surface area contributed by atoms with Gasteiger partial charge in [0.1, 0.15) is 0 Å². The summed E-state index contributed by atoms with van der Waals surface area (Å²) in [5, 5.41) is 1.52. The van der Waals surface area contributed by atoms with Crippen LogP contribution in [0.3, 0.4) is 0 Å². The van der Waals surface area contributed by atoms with E-state index in [9.17, 15) is 53.1 Å². The maximum absolute atomic E-state index is 13.5. The maximum Gasteiger partial charge on any atom is 0.416 e. The molecule has 0 spiro atoms. The van der Waals surface area contributed by atoms with Crippen molar-refractivity contribution in [3.05, 3.63) is 69.5 Å². The summed E-state index contributed by atoms with van der Waals surface area (Å²) < 4.78 is 143. The van der Waals surface area contributed by atoms with Crippen LogP contribution in [-0.2, 0) is 18.9 Å². The molecular weight excluding hydrogens is 431 g/mol. The van der Waals surface area contributed by atoms with Gasteiger partial charge in [0, 0.05) is 17.7 Å². The largest absolute Gasteiger partial charge is 0.416 e. The first-order valence-corrected chi connectivity index (χ1v) is 7.22. The van der Waals surface area contributed by atoms with Crippen molar-refractivity contribution < 1.29 is 53.1 Å². The zero-order valence-corrected chi connectivity index (χ0v) is 13.5. The second kappa shape index (κ2) is 7.52. The lowest BCUT2D eigenvalue weighted by atomic mass is 10.0. The topological polar surface area (TPSA) is 29.1 Å². The molecule has 0 bridgehead atoms. The van der Waals surface area contributed by atoms with Gasteiger partial charge in [-0.1, -0.05) is 0 Å². The average Bonchev–Trinajstić information content (AvgIpc) is 2.62. The molecule has 0 aliphatic rings. The third-order valence-corrected chi connectivity index (χ3v) is 3.58. The molecule has 0 aliphatic heterocycles. The summed E-state index contributed by atoms with van der Waals surface area (Å²) in [6.45, 7) is -1.40. The van der Waals surface area contributed by atoms with Crippen LogP contribution in [0.15, 0.2) is 18.2 Å². The Morgan fingerprint density at radius 2 is 1.07 bits per heavy atom. The lowest BCUT2D eigenvalue weighted by Crippen LogP contribution is -2.26. The highest BCUT2D eigenvalue weighted by Gasteiger charge is 2.37. The minimum Gasteiger partial charge on any atom is -0.348 e. The fraction of sp³-hybridized carbons (Fsp3) is 0.188. The van der Waals surface area contributed by atoms with E-state index in [4.69, 9.17) is 0 Å². The van der Waals surface area contributed by atoms with Crippen LogP contribution in [0.25, 0.3) is 0 Å². The molecule has 1 N–H and O–H groups in total. The highest BCUT2D eigenvalue weighted by Crippen LogP contribution is 2.36. The number of amides is 1. The normalized spacial score (nSPS) is 12.2.